The minimum absolute atomic E-state index is 0.203. The van der Waals surface area contributed by atoms with Crippen LogP contribution in [0.2, 0.25) is 0 Å². The summed E-state index contributed by atoms with van der Waals surface area (Å²) in [6.45, 7) is 4.55. The molecule has 1 aliphatic carbocycles. The van der Waals surface area contributed by atoms with Crippen LogP contribution >= 0.6 is 0 Å². The number of rotatable bonds is 6. The molecule has 8 heteroatoms. The monoisotopic (exact) mass is 385 g/mol. The highest BCUT2D eigenvalue weighted by molar-refractivity contribution is 6.02. The fourth-order valence-corrected chi connectivity index (χ4v) is 3.92. The van der Waals surface area contributed by atoms with E-state index in [1.807, 2.05) is 18.2 Å². The second-order valence-electron chi connectivity index (χ2n) is 7.40. The van der Waals surface area contributed by atoms with Gasteiger partial charge in [-0.05, 0) is 25.0 Å². The van der Waals surface area contributed by atoms with Gasteiger partial charge in [-0.15, -0.1) is 0 Å². The lowest BCUT2D eigenvalue weighted by atomic mass is 10.2. The molecule has 3 heterocycles. The third-order valence-electron chi connectivity index (χ3n) is 5.47. The van der Waals surface area contributed by atoms with Gasteiger partial charge < -0.3 is 15.4 Å². The molecule has 2 amide bonds. The van der Waals surface area contributed by atoms with Crippen LogP contribution in [0, 0.1) is 0 Å². The largest absolute Gasteiger partial charge is 0.379 e. The second kappa shape index (κ2) is 8.70. The second-order valence-corrected chi connectivity index (χ2v) is 7.40. The topological polar surface area (TPSA) is 88.0 Å². The molecule has 150 valence electrons. The fraction of sp³-hybridized carbons (Fsp3) is 0.550. The SMILES string of the molecule is O=C(NCCN1CCOCC1)c1nc(C(=O)NC2CCCC2)n2ccccc12. The van der Waals surface area contributed by atoms with Gasteiger partial charge in [0.15, 0.2) is 5.69 Å². The van der Waals surface area contributed by atoms with Crippen LogP contribution in [-0.4, -0.2) is 71.5 Å². The summed E-state index contributed by atoms with van der Waals surface area (Å²) in [5.41, 5.74) is 0.932. The van der Waals surface area contributed by atoms with Crippen molar-refractivity contribution in [3.8, 4) is 0 Å². The molecule has 1 saturated carbocycles. The van der Waals surface area contributed by atoms with Crippen molar-refractivity contribution in [1.29, 1.82) is 0 Å². The van der Waals surface area contributed by atoms with Gasteiger partial charge in [0.05, 0.1) is 18.7 Å². The molecular formula is C20H27N5O3. The predicted molar refractivity (Wildman–Crippen MR) is 105 cm³/mol. The van der Waals surface area contributed by atoms with Gasteiger partial charge in [0.2, 0.25) is 5.82 Å². The van der Waals surface area contributed by atoms with E-state index in [0.717, 1.165) is 58.5 Å². The Hall–Kier alpha value is -2.45. The van der Waals surface area contributed by atoms with Crippen LogP contribution in [0.15, 0.2) is 24.4 Å². The number of nitrogens with one attached hydrogen (secondary N) is 2. The van der Waals surface area contributed by atoms with Gasteiger partial charge >= 0.3 is 0 Å². The number of hydrogen-bond donors (Lipinski definition) is 2. The van der Waals surface area contributed by atoms with E-state index in [1.54, 1.807) is 10.6 Å². The van der Waals surface area contributed by atoms with Gasteiger partial charge in [0.25, 0.3) is 11.8 Å². The number of carbonyl (C=O) groups excluding carboxylic acids is 2. The first-order valence-corrected chi connectivity index (χ1v) is 10.1. The molecule has 0 aromatic carbocycles. The van der Waals surface area contributed by atoms with Crippen LogP contribution in [-0.2, 0) is 4.74 Å². The zero-order chi connectivity index (χ0) is 19.3. The highest BCUT2D eigenvalue weighted by atomic mass is 16.5. The van der Waals surface area contributed by atoms with Gasteiger partial charge in [0, 0.05) is 38.4 Å². The lowest BCUT2D eigenvalue weighted by molar-refractivity contribution is 0.0383. The van der Waals surface area contributed by atoms with Gasteiger partial charge in [-0.2, -0.15) is 0 Å². The molecule has 0 spiro atoms. The Balaban J connectivity index is 1.45. The molecule has 2 N–H and O–H groups in total. The van der Waals surface area contributed by atoms with Crippen molar-refractivity contribution in [3.05, 3.63) is 35.9 Å². The van der Waals surface area contributed by atoms with Crippen LogP contribution in [0.3, 0.4) is 0 Å². The molecule has 2 aromatic heterocycles. The maximum atomic E-state index is 12.7. The minimum atomic E-state index is -0.253. The molecule has 0 atom stereocenters. The number of amides is 2. The molecule has 28 heavy (non-hydrogen) atoms. The fourth-order valence-electron chi connectivity index (χ4n) is 3.92. The number of carbonyl (C=O) groups is 2. The van der Waals surface area contributed by atoms with Gasteiger partial charge in [-0.3, -0.25) is 18.9 Å². The summed E-state index contributed by atoms with van der Waals surface area (Å²) in [6.07, 6.45) is 6.07. The normalized spacial score (nSPS) is 18.4. The van der Waals surface area contributed by atoms with Crippen molar-refractivity contribution in [2.45, 2.75) is 31.7 Å². The third-order valence-corrected chi connectivity index (χ3v) is 5.47. The van der Waals surface area contributed by atoms with Crippen molar-refractivity contribution < 1.29 is 14.3 Å². The van der Waals surface area contributed by atoms with E-state index in [2.05, 4.69) is 20.5 Å². The van der Waals surface area contributed by atoms with Crippen molar-refractivity contribution in [2.75, 3.05) is 39.4 Å². The van der Waals surface area contributed by atoms with Gasteiger partial charge in [0.1, 0.15) is 0 Å². The molecule has 0 radical (unpaired) electrons. The van der Waals surface area contributed by atoms with E-state index < -0.39 is 0 Å². The molecule has 2 aliphatic rings. The van der Waals surface area contributed by atoms with Gasteiger partial charge in [-0.25, -0.2) is 4.98 Å². The number of imidazole rings is 1. The molecule has 2 fully saturated rings. The summed E-state index contributed by atoms with van der Waals surface area (Å²) in [6, 6.07) is 5.70. The van der Waals surface area contributed by atoms with E-state index in [4.69, 9.17) is 4.74 Å². The molecule has 2 aromatic rings. The number of nitrogens with zero attached hydrogens (tertiary/aromatic N) is 3. The number of ether oxygens (including phenoxy) is 1. The number of hydrogen-bond acceptors (Lipinski definition) is 5. The zero-order valence-electron chi connectivity index (χ0n) is 16.0. The molecule has 1 saturated heterocycles. The average Bonchev–Trinajstić information content (AvgIpc) is 3.36. The highest BCUT2D eigenvalue weighted by Crippen LogP contribution is 2.19. The van der Waals surface area contributed by atoms with E-state index in [0.29, 0.717) is 17.8 Å². The number of aromatic nitrogens is 2. The van der Waals surface area contributed by atoms with Crippen LogP contribution in [0.25, 0.3) is 5.52 Å². The number of pyridine rings is 1. The lowest BCUT2D eigenvalue weighted by Gasteiger charge is -2.26. The Morgan fingerprint density at radius 3 is 2.71 bits per heavy atom. The first kappa shape index (κ1) is 18.9. The first-order valence-electron chi connectivity index (χ1n) is 10.1. The molecule has 0 bridgehead atoms. The lowest BCUT2D eigenvalue weighted by Crippen LogP contribution is -2.41. The standard InChI is InChI=1S/C20H27N5O3/c26-19(21-8-10-24-11-13-28-14-12-24)17-16-7-3-4-9-25(16)18(23-17)20(27)22-15-5-1-2-6-15/h3-4,7,9,15H,1-2,5-6,8,10-14H2,(H,21,26)(H,22,27). The summed E-state index contributed by atoms with van der Waals surface area (Å²) in [5, 5.41) is 5.99. The predicted octanol–water partition coefficient (Wildman–Crippen LogP) is 1.07. The van der Waals surface area contributed by atoms with Crippen molar-refractivity contribution in [2.24, 2.45) is 0 Å². The molecule has 1 aliphatic heterocycles. The van der Waals surface area contributed by atoms with Crippen molar-refractivity contribution in [3.63, 3.8) is 0 Å². The average molecular weight is 385 g/mol. The summed E-state index contributed by atoms with van der Waals surface area (Å²) in [7, 11) is 0. The highest BCUT2D eigenvalue weighted by Gasteiger charge is 2.24. The maximum Gasteiger partial charge on any atom is 0.287 e. The quantitative estimate of drug-likeness (QED) is 0.777. The number of morpholine rings is 1. The van der Waals surface area contributed by atoms with E-state index in [1.165, 1.54) is 0 Å². The van der Waals surface area contributed by atoms with Crippen LogP contribution < -0.4 is 10.6 Å². The third kappa shape index (κ3) is 4.18. The Labute approximate surface area is 164 Å². The Kier molecular flexibility index (Phi) is 5.87. The molecule has 4 rings (SSSR count). The van der Waals surface area contributed by atoms with E-state index in [-0.39, 0.29) is 23.7 Å². The van der Waals surface area contributed by atoms with Crippen LogP contribution in [0.4, 0.5) is 0 Å². The minimum Gasteiger partial charge on any atom is -0.379 e. The van der Waals surface area contributed by atoms with E-state index in [9.17, 15) is 9.59 Å². The molecule has 8 nitrogen and oxygen atoms in total. The van der Waals surface area contributed by atoms with Crippen LogP contribution in [0.1, 0.15) is 46.8 Å². The first-order chi connectivity index (χ1) is 13.7. The van der Waals surface area contributed by atoms with Gasteiger partial charge in [-0.1, -0.05) is 18.9 Å². The molecular weight excluding hydrogens is 358 g/mol. The zero-order valence-corrected chi connectivity index (χ0v) is 16.0. The summed E-state index contributed by atoms with van der Waals surface area (Å²) >= 11 is 0. The van der Waals surface area contributed by atoms with Crippen molar-refractivity contribution in [1.82, 2.24) is 24.9 Å². The molecule has 0 unspecified atom stereocenters. The van der Waals surface area contributed by atoms with Crippen LogP contribution in [0.5, 0.6) is 0 Å². The Morgan fingerprint density at radius 1 is 1.14 bits per heavy atom. The Morgan fingerprint density at radius 2 is 1.93 bits per heavy atom. The Bertz CT molecular complexity index is 837. The summed E-state index contributed by atoms with van der Waals surface area (Å²) < 4.78 is 7.03. The smallest absolute Gasteiger partial charge is 0.287 e. The summed E-state index contributed by atoms with van der Waals surface area (Å²) in [4.78, 5) is 32.1. The maximum absolute atomic E-state index is 12.7. The van der Waals surface area contributed by atoms with Crippen molar-refractivity contribution >= 4 is 17.3 Å². The van der Waals surface area contributed by atoms with E-state index >= 15 is 0 Å². The number of fused-ring (bicyclic) bond motifs is 1. The summed E-state index contributed by atoms with van der Waals surface area (Å²) in [5.74, 6) is -0.210.